The number of thioether (sulfide) groups is 1. The topological polar surface area (TPSA) is 49.9 Å². The van der Waals surface area contributed by atoms with Gasteiger partial charge in [0.1, 0.15) is 11.4 Å². The number of carbonyl (C=O) groups is 2. The maximum atomic E-state index is 14.3. The van der Waals surface area contributed by atoms with Crippen molar-refractivity contribution in [1.29, 1.82) is 0 Å². The number of rotatable bonds is 4. The third-order valence-corrected chi connectivity index (χ3v) is 7.26. The van der Waals surface area contributed by atoms with Crippen LogP contribution in [0.25, 0.3) is 0 Å². The average molecular weight is 517 g/mol. The molecular formula is C23H21ClF4N2O3S. The van der Waals surface area contributed by atoms with Crippen LogP contribution in [0, 0.1) is 12.7 Å². The third kappa shape index (κ3) is 5.27. The van der Waals surface area contributed by atoms with Crippen molar-refractivity contribution in [1.82, 2.24) is 9.80 Å². The average Bonchev–Trinajstić information content (AvgIpc) is 3.06. The molecule has 2 aliphatic rings. The quantitative estimate of drug-likeness (QED) is 0.368. The first-order chi connectivity index (χ1) is 16.0. The largest absolute Gasteiger partial charge is 0.446 e. The fraction of sp³-hybridized carbons (Fsp3) is 0.391. The summed E-state index contributed by atoms with van der Waals surface area (Å²) in [5.41, 5.74) is -4.01. The van der Waals surface area contributed by atoms with E-state index >= 15 is 0 Å². The smallest absolute Gasteiger partial charge is 0.441 e. The Kier molecular flexibility index (Phi) is 6.74. The Bertz CT molecular complexity index is 1100. The Hall–Kier alpha value is -2.46. The number of hydrogen-bond donors (Lipinski definition) is 0. The SMILES string of the molecule is Cc1ccc(F)c(C(=O)N2CCC3(CC2)CN(Cc2ccc(SC(F)(F)F)cc2)C(=O)O3)c1Cl. The summed E-state index contributed by atoms with van der Waals surface area (Å²) in [5, 5.41) is 0.0865. The molecule has 0 aromatic heterocycles. The van der Waals surface area contributed by atoms with Crippen LogP contribution in [-0.4, -0.2) is 52.5 Å². The lowest BCUT2D eigenvalue weighted by atomic mass is 9.91. The number of halogens is 5. The highest BCUT2D eigenvalue weighted by molar-refractivity contribution is 8.00. The van der Waals surface area contributed by atoms with Gasteiger partial charge in [-0.1, -0.05) is 29.8 Å². The van der Waals surface area contributed by atoms with E-state index in [-0.39, 0.29) is 46.9 Å². The fourth-order valence-electron chi connectivity index (χ4n) is 4.22. The van der Waals surface area contributed by atoms with Gasteiger partial charge >= 0.3 is 11.6 Å². The third-order valence-electron chi connectivity index (χ3n) is 6.03. The van der Waals surface area contributed by atoms with Gasteiger partial charge < -0.3 is 9.64 Å². The molecule has 2 fully saturated rings. The van der Waals surface area contributed by atoms with Gasteiger partial charge in [-0.05, 0) is 48.0 Å². The van der Waals surface area contributed by atoms with E-state index in [4.69, 9.17) is 16.3 Å². The fourth-order valence-corrected chi connectivity index (χ4v) is 4.99. The zero-order chi connectivity index (χ0) is 24.7. The van der Waals surface area contributed by atoms with Crippen LogP contribution in [0.2, 0.25) is 5.02 Å². The normalized spacial score (nSPS) is 17.9. The second kappa shape index (κ2) is 9.30. The molecule has 2 heterocycles. The molecule has 0 radical (unpaired) electrons. The summed E-state index contributed by atoms with van der Waals surface area (Å²) in [6.45, 7) is 2.73. The summed E-state index contributed by atoms with van der Waals surface area (Å²) >= 11 is 5.97. The van der Waals surface area contributed by atoms with Crippen LogP contribution >= 0.6 is 23.4 Å². The Labute approximate surface area is 203 Å². The Morgan fingerprint density at radius 2 is 1.79 bits per heavy atom. The molecule has 1 spiro atoms. The minimum Gasteiger partial charge on any atom is -0.441 e. The molecule has 0 atom stereocenters. The van der Waals surface area contributed by atoms with E-state index < -0.39 is 28.9 Å². The molecule has 2 aromatic rings. The van der Waals surface area contributed by atoms with Crippen molar-refractivity contribution in [3.63, 3.8) is 0 Å². The molecular weight excluding hydrogens is 496 g/mol. The molecule has 182 valence electrons. The predicted octanol–water partition coefficient (Wildman–Crippen LogP) is 6.03. The Balaban J connectivity index is 1.37. The van der Waals surface area contributed by atoms with Gasteiger partial charge in [-0.25, -0.2) is 9.18 Å². The van der Waals surface area contributed by atoms with E-state index in [1.54, 1.807) is 19.1 Å². The number of alkyl halides is 3. The molecule has 5 nitrogen and oxygen atoms in total. The van der Waals surface area contributed by atoms with Crippen molar-refractivity contribution in [3.05, 3.63) is 63.9 Å². The van der Waals surface area contributed by atoms with Crippen LogP contribution in [0.5, 0.6) is 0 Å². The summed E-state index contributed by atoms with van der Waals surface area (Å²) in [6.07, 6.45) is 0.252. The van der Waals surface area contributed by atoms with E-state index in [1.807, 2.05) is 0 Å². The van der Waals surface area contributed by atoms with E-state index in [9.17, 15) is 27.2 Å². The minimum absolute atomic E-state index is 0.0684. The lowest BCUT2D eigenvalue weighted by Gasteiger charge is -2.37. The molecule has 0 saturated carbocycles. The first-order valence-electron chi connectivity index (χ1n) is 10.5. The molecule has 0 bridgehead atoms. The molecule has 0 unspecified atom stereocenters. The number of aryl methyl sites for hydroxylation is 1. The van der Waals surface area contributed by atoms with E-state index in [1.165, 1.54) is 34.1 Å². The molecule has 0 aliphatic carbocycles. The maximum Gasteiger partial charge on any atom is 0.446 e. The molecule has 2 amide bonds. The summed E-state index contributed by atoms with van der Waals surface area (Å²) in [7, 11) is 0. The van der Waals surface area contributed by atoms with Gasteiger partial charge in [-0.3, -0.25) is 9.69 Å². The van der Waals surface area contributed by atoms with Gasteiger partial charge in [0.25, 0.3) is 5.91 Å². The van der Waals surface area contributed by atoms with Crippen molar-refractivity contribution >= 4 is 35.4 Å². The number of hydrogen-bond acceptors (Lipinski definition) is 4. The molecule has 0 N–H and O–H groups in total. The number of nitrogens with zero attached hydrogens (tertiary/aromatic N) is 2. The van der Waals surface area contributed by atoms with Crippen molar-refractivity contribution in [2.75, 3.05) is 19.6 Å². The number of likely N-dealkylation sites (tertiary alicyclic amines) is 1. The summed E-state index contributed by atoms with van der Waals surface area (Å²) < 4.78 is 57.4. The van der Waals surface area contributed by atoms with Gasteiger partial charge in [-0.2, -0.15) is 13.2 Å². The Morgan fingerprint density at radius 3 is 2.41 bits per heavy atom. The van der Waals surface area contributed by atoms with Gasteiger partial charge in [-0.15, -0.1) is 0 Å². The van der Waals surface area contributed by atoms with E-state index in [0.29, 0.717) is 30.5 Å². The maximum absolute atomic E-state index is 14.3. The molecule has 4 rings (SSSR count). The molecule has 34 heavy (non-hydrogen) atoms. The molecule has 2 aliphatic heterocycles. The number of ether oxygens (including phenoxy) is 1. The number of carbonyl (C=O) groups excluding carboxylic acids is 2. The zero-order valence-electron chi connectivity index (χ0n) is 18.1. The second-order valence-electron chi connectivity index (χ2n) is 8.44. The lowest BCUT2D eigenvalue weighted by molar-refractivity contribution is -0.0328. The highest BCUT2D eigenvalue weighted by atomic mass is 35.5. The van der Waals surface area contributed by atoms with Crippen LogP contribution in [0.15, 0.2) is 41.3 Å². The predicted molar refractivity (Wildman–Crippen MR) is 119 cm³/mol. The van der Waals surface area contributed by atoms with Crippen molar-refractivity contribution in [2.45, 2.75) is 42.3 Å². The van der Waals surface area contributed by atoms with Crippen LogP contribution < -0.4 is 0 Å². The van der Waals surface area contributed by atoms with E-state index in [0.717, 1.165) is 0 Å². The van der Waals surface area contributed by atoms with Crippen LogP contribution in [0.3, 0.4) is 0 Å². The standard InChI is InChI=1S/C23H21ClF4N2O3S/c1-14-2-7-17(25)18(19(14)24)20(31)29-10-8-22(9-11-29)13-30(21(32)33-22)12-15-3-5-16(6-4-15)34-23(26,27)28/h2-7H,8-13H2,1H3. The van der Waals surface area contributed by atoms with Crippen molar-refractivity contribution < 1.29 is 31.9 Å². The van der Waals surface area contributed by atoms with Crippen LogP contribution in [0.1, 0.15) is 34.3 Å². The monoisotopic (exact) mass is 516 g/mol. The highest BCUT2D eigenvalue weighted by Gasteiger charge is 2.47. The summed E-state index contributed by atoms with van der Waals surface area (Å²) in [4.78, 5) is 28.4. The zero-order valence-corrected chi connectivity index (χ0v) is 19.7. The van der Waals surface area contributed by atoms with Gasteiger partial charge in [0, 0.05) is 37.4 Å². The number of amides is 2. The number of piperidine rings is 1. The summed E-state index contributed by atoms with van der Waals surface area (Å²) in [6, 6.07) is 8.55. The van der Waals surface area contributed by atoms with Crippen molar-refractivity contribution in [2.24, 2.45) is 0 Å². The highest BCUT2D eigenvalue weighted by Crippen LogP contribution is 2.38. The first kappa shape index (κ1) is 24.7. The van der Waals surface area contributed by atoms with Gasteiger partial charge in [0.15, 0.2) is 0 Å². The Morgan fingerprint density at radius 1 is 1.15 bits per heavy atom. The van der Waals surface area contributed by atoms with Gasteiger partial charge in [0.2, 0.25) is 0 Å². The number of benzene rings is 2. The van der Waals surface area contributed by atoms with Crippen molar-refractivity contribution in [3.8, 4) is 0 Å². The first-order valence-corrected chi connectivity index (χ1v) is 11.7. The molecule has 2 saturated heterocycles. The second-order valence-corrected chi connectivity index (χ2v) is 9.96. The van der Waals surface area contributed by atoms with Crippen LogP contribution in [0.4, 0.5) is 22.4 Å². The molecule has 11 heteroatoms. The lowest BCUT2D eigenvalue weighted by Crippen LogP contribution is -2.48. The van der Waals surface area contributed by atoms with E-state index in [2.05, 4.69) is 0 Å². The summed E-state index contributed by atoms with van der Waals surface area (Å²) in [5.74, 6) is -1.18. The van der Waals surface area contributed by atoms with Gasteiger partial charge in [0.05, 0.1) is 17.1 Å². The minimum atomic E-state index is -4.36. The molecule has 2 aromatic carbocycles. The van der Waals surface area contributed by atoms with Crippen LogP contribution in [-0.2, 0) is 11.3 Å².